The number of H-pyrrole nitrogens is 2. The molecule has 2 N–H and O–H groups in total. The highest BCUT2D eigenvalue weighted by Gasteiger charge is 2.40. The van der Waals surface area contributed by atoms with E-state index in [1.807, 2.05) is 60.7 Å². The van der Waals surface area contributed by atoms with Crippen LogP contribution in [0.4, 0.5) is 9.59 Å². The third-order valence-electron chi connectivity index (χ3n) is 9.76. The molecule has 1 aliphatic carbocycles. The summed E-state index contributed by atoms with van der Waals surface area (Å²) < 4.78 is 11.5. The van der Waals surface area contributed by atoms with Gasteiger partial charge in [-0.05, 0) is 119 Å². The van der Waals surface area contributed by atoms with Crippen LogP contribution in [0, 0.1) is 5.92 Å². The first-order valence-corrected chi connectivity index (χ1v) is 18.1. The summed E-state index contributed by atoms with van der Waals surface area (Å²) in [6.07, 6.45) is 7.78. The predicted molar refractivity (Wildman–Crippen MR) is 203 cm³/mol. The van der Waals surface area contributed by atoms with Gasteiger partial charge in [-0.25, -0.2) is 19.6 Å². The SMILES string of the molecule is CC1=CC(c2ncc(-c3ccc4cc(-c5ccc6nc([C@@H]7C=C(C8CC8)CN7C(=O)OC(C)(C)C)[nH]c6c5)ccc4c3)[nH]2)N(C(=O)OC(C)(C)C)C1. The van der Waals surface area contributed by atoms with Crippen molar-refractivity contribution in [1.29, 1.82) is 0 Å². The van der Waals surface area contributed by atoms with Crippen LogP contribution in [0.1, 0.15) is 85.0 Å². The second-order valence-corrected chi connectivity index (χ2v) is 16.4. The Morgan fingerprint density at radius 2 is 1.33 bits per heavy atom. The Hall–Kier alpha value is -5.38. The van der Waals surface area contributed by atoms with E-state index < -0.39 is 11.2 Å². The van der Waals surface area contributed by atoms with Crippen molar-refractivity contribution < 1.29 is 19.1 Å². The molecule has 3 aliphatic rings. The first-order chi connectivity index (χ1) is 24.7. The van der Waals surface area contributed by atoms with Crippen molar-refractivity contribution in [2.45, 2.75) is 84.6 Å². The molecule has 2 aromatic heterocycles. The van der Waals surface area contributed by atoms with Gasteiger partial charge in [0.15, 0.2) is 0 Å². The van der Waals surface area contributed by atoms with E-state index in [0.29, 0.717) is 24.8 Å². The highest BCUT2D eigenvalue weighted by Crippen LogP contribution is 2.43. The van der Waals surface area contributed by atoms with Crippen molar-refractivity contribution in [2.75, 3.05) is 13.1 Å². The van der Waals surface area contributed by atoms with Crippen molar-refractivity contribution >= 4 is 34.0 Å². The van der Waals surface area contributed by atoms with Crippen LogP contribution in [0.5, 0.6) is 0 Å². The molecule has 10 heteroatoms. The highest BCUT2D eigenvalue weighted by atomic mass is 16.6. The van der Waals surface area contributed by atoms with Crippen LogP contribution in [0.15, 0.2) is 84.1 Å². The van der Waals surface area contributed by atoms with E-state index in [9.17, 15) is 9.59 Å². The zero-order chi connectivity index (χ0) is 36.5. The normalized spacial score (nSPS) is 19.4. The van der Waals surface area contributed by atoms with Crippen molar-refractivity contribution in [3.8, 4) is 22.4 Å². The summed E-state index contributed by atoms with van der Waals surface area (Å²) >= 11 is 0. The first kappa shape index (κ1) is 33.7. The van der Waals surface area contributed by atoms with E-state index in [4.69, 9.17) is 14.5 Å². The molecule has 2 aliphatic heterocycles. The summed E-state index contributed by atoms with van der Waals surface area (Å²) in [5, 5.41) is 2.23. The Kier molecular flexibility index (Phi) is 8.04. The second kappa shape index (κ2) is 12.4. The van der Waals surface area contributed by atoms with Crippen molar-refractivity contribution in [3.63, 3.8) is 0 Å². The van der Waals surface area contributed by atoms with Crippen LogP contribution < -0.4 is 0 Å². The summed E-state index contributed by atoms with van der Waals surface area (Å²) in [5.41, 5.74) is 7.10. The lowest BCUT2D eigenvalue weighted by atomic mass is 9.99. The van der Waals surface area contributed by atoms with Crippen LogP contribution in [0.2, 0.25) is 0 Å². The summed E-state index contributed by atoms with van der Waals surface area (Å²) in [5.74, 6) is 2.01. The number of fused-ring (bicyclic) bond motifs is 2. The van der Waals surface area contributed by atoms with E-state index in [2.05, 4.69) is 75.6 Å². The molecule has 0 spiro atoms. The third kappa shape index (κ3) is 6.81. The molecule has 3 aromatic carbocycles. The minimum Gasteiger partial charge on any atom is -0.444 e. The van der Waals surface area contributed by atoms with E-state index >= 15 is 0 Å². The van der Waals surface area contributed by atoms with Crippen LogP contribution >= 0.6 is 0 Å². The molecule has 1 unspecified atom stereocenters. The fourth-order valence-corrected chi connectivity index (χ4v) is 7.16. The number of hydrogen-bond acceptors (Lipinski definition) is 6. The number of hydrogen-bond donors (Lipinski definition) is 2. The van der Waals surface area contributed by atoms with E-state index in [1.54, 1.807) is 9.80 Å². The Labute approximate surface area is 303 Å². The molecule has 4 heterocycles. The average Bonchev–Trinajstić information content (AvgIpc) is 3.43. The number of carbonyl (C=O) groups is 2. The number of amides is 2. The van der Waals surface area contributed by atoms with Gasteiger partial charge in [0.1, 0.15) is 34.9 Å². The van der Waals surface area contributed by atoms with Gasteiger partial charge in [0.2, 0.25) is 0 Å². The molecular formula is C42H46N6O4. The molecule has 10 nitrogen and oxygen atoms in total. The number of ether oxygens (including phenoxy) is 2. The zero-order valence-electron chi connectivity index (χ0n) is 30.9. The molecule has 8 rings (SSSR count). The number of aromatic amines is 2. The molecule has 268 valence electrons. The van der Waals surface area contributed by atoms with Crippen LogP contribution in [0.25, 0.3) is 44.2 Å². The van der Waals surface area contributed by atoms with Gasteiger partial charge in [-0.15, -0.1) is 0 Å². The van der Waals surface area contributed by atoms with Gasteiger partial charge >= 0.3 is 12.2 Å². The number of benzene rings is 3. The Morgan fingerprint density at radius 1 is 0.731 bits per heavy atom. The lowest BCUT2D eigenvalue weighted by Crippen LogP contribution is -2.37. The summed E-state index contributed by atoms with van der Waals surface area (Å²) in [4.78, 5) is 46.3. The van der Waals surface area contributed by atoms with Crippen LogP contribution in [-0.2, 0) is 9.47 Å². The quantitative estimate of drug-likeness (QED) is 0.177. The fraction of sp³-hybridized carbons (Fsp3) is 0.381. The van der Waals surface area contributed by atoms with Gasteiger partial charge < -0.3 is 19.4 Å². The van der Waals surface area contributed by atoms with Gasteiger partial charge in [0.25, 0.3) is 0 Å². The largest absolute Gasteiger partial charge is 0.444 e. The molecule has 0 bridgehead atoms. The Bertz CT molecular complexity index is 2280. The lowest BCUT2D eigenvalue weighted by molar-refractivity contribution is 0.0222. The smallest absolute Gasteiger partial charge is 0.411 e. The van der Waals surface area contributed by atoms with Gasteiger partial charge in [0.05, 0.1) is 22.9 Å². The number of nitrogens with zero attached hydrogens (tertiary/aromatic N) is 4. The van der Waals surface area contributed by atoms with E-state index in [0.717, 1.165) is 55.6 Å². The maximum Gasteiger partial charge on any atom is 0.411 e. The molecule has 5 aromatic rings. The third-order valence-corrected chi connectivity index (χ3v) is 9.76. The lowest BCUT2D eigenvalue weighted by Gasteiger charge is -2.28. The molecule has 1 fully saturated rings. The second-order valence-electron chi connectivity index (χ2n) is 16.4. The van der Waals surface area contributed by atoms with Gasteiger partial charge in [-0.3, -0.25) is 9.80 Å². The molecule has 1 saturated carbocycles. The van der Waals surface area contributed by atoms with E-state index in [1.165, 1.54) is 18.4 Å². The minimum atomic E-state index is -0.577. The van der Waals surface area contributed by atoms with Gasteiger partial charge in [-0.1, -0.05) is 48.1 Å². The zero-order valence-corrected chi connectivity index (χ0v) is 30.9. The topological polar surface area (TPSA) is 116 Å². The molecule has 52 heavy (non-hydrogen) atoms. The van der Waals surface area contributed by atoms with Crippen molar-refractivity contribution in [2.24, 2.45) is 5.92 Å². The molecule has 0 radical (unpaired) electrons. The van der Waals surface area contributed by atoms with Crippen molar-refractivity contribution in [3.05, 3.63) is 95.7 Å². The molecule has 2 amide bonds. The Morgan fingerprint density at radius 3 is 2.00 bits per heavy atom. The maximum atomic E-state index is 13.2. The standard InChI is InChI=1S/C42H46N6O4/c1-24-16-35(47(22-24)39(49)51-41(2,3)4)37-43-21-34(46-37)30-13-12-26-17-27(10-11-28(26)18-30)29-14-15-32-33(19-29)45-38(44-32)36-20-31(25-8-9-25)23-48(36)40(50)52-42(5,6)7/h10-21,25,35-36H,8-9,22-23H2,1-7H3,(H,43,46)(H,44,45)/t35?,36-/m0/s1. The number of aromatic nitrogens is 4. The highest BCUT2D eigenvalue weighted by molar-refractivity contribution is 5.92. The number of nitrogens with one attached hydrogen (secondary N) is 2. The monoisotopic (exact) mass is 698 g/mol. The van der Waals surface area contributed by atoms with Crippen LogP contribution in [0.3, 0.4) is 0 Å². The van der Waals surface area contributed by atoms with E-state index in [-0.39, 0.29) is 24.3 Å². The number of imidazole rings is 2. The Balaban J connectivity index is 1.02. The molecular weight excluding hydrogens is 653 g/mol. The summed E-state index contributed by atoms with van der Waals surface area (Å²) in [6, 6.07) is 18.5. The fourth-order valence-electron chi connectivity index (χ4n) is 7.16. The predicted octanol–water partition coefficient (Wildman–Crippen LogP) is 9.64. The first-order valence-electron chi connectivity index (χ1n) is 18.1. The van der Waals surface area contributed by atoms with Crippen LogP contribution in [-0.4, -0.2) is 66.2 Å². The molecule has 2 atom stereocenters. The summed E-state index contributed by atoms with van der Waals surface area (Å²) in [6.45, 7) is 14.4. The molecule has 0 saturated heterocycles. The average molecular weight is 699 g/mol. The maximum absolute atomic E-state index is 13.2. The van der Waals surface area contributed by atoms with Gasteiger partial charge in [0, 0.05) is 18.7 Å². The number of carbonyl (C=O) groups excluding carboxylic acids is 2. The number of rotatable bonds is 5. The van der Waals surface area contributed by atoms with Gasteiger partial charge in [-0.2, -0.15) is 0 Å². The minimum absolute atomic E-state index is 0.287. The summed E-state index contributed by atoms with van der Waals surface area (Å²) in [7, 11) is 0. The van der Waals surface area contributed by atoms with Crippen molar-refractivity contribution in [1.82, 2.24) is 29.7 Å².